The highest BCUT2D eigenvalue weighted by molar-refractivity contribution is 7.90. The number of imidazole rings is 1. The van der Waals surface area contributed by atoms with Crippen molar-refractivity contribution >= 4 is 33.1 Å². The Morgan fingerprint density at radius 3 is 2.48 bits per heavy atom. The highest BCUT2D eigenvalue weighted by atomic mass is 32.2. The van der Waals surface area contributed by atoms with Crippen molar-refractivity contribution in [3.63, 3.8) is 0 Å². The number of nitrogens with zero attached hydrogens (tertiary/aromatic N) is 3. The average molecular weight is 643 g/mol. The zero-order valence-corrected chi connectivity index (χ0v) is 26.5. The van der Waals surface area contributed by atoms with E-state index in [2.05, 4.69) is 15.3 Å². The Morgan fingerprint density at radius 2 is 1.86 bits per heavy atom. The standard InChI is InChI=1S/C31H35FN4O6S2/c1-31(2,3)42-30(38)26(11-16-44(4,39)40)35-28(37)24-10-5-21(17-25(24)22-6-8-23(32)9-7-22)19-41-27(29-34-13-15-43-29)18-36-14-12-33-20-36/h5-10,12-15,17,20,26-27H,11,16,18-19H2,1-4H3,(H,35,37)/t26-,27?/m0/s1. The summed E-state index contributed by atoms with van der Waals surface area (Å²) < 4.78 is 51.2. The van der Waals surface area contributed by atoms with Crippen LogP contribution in [-0.4, -0.2) is 58.5 Å². The van der Waals surface area contributed by atoms with E-state index in [1.54, 1.807) is 69.8 Å². The molecule has 1 unspecified atom stereocenters. The smallest absolute Gasteiger partial charge is 0.329 e. The van der Waals surface area contributed by atoms with Gasteiger partial charge in [-0.15, -0.1) is 11.3 Å². The largest absolute Gasteiger partial charge is 0.458 e. The summed E-state index contributed by atoms with van der Waals surface area (Å²) in [6, 6.07) is 9.59. The number of carbonyl (C=O) groups is 2. The third-order valence-electron chi connectivity index (χ3n) is 6.37. The zero-order valence-electron chi connectivity index (χ0n) is 24.9. The number of amides is 1. The fourth-order valence-corrected chi connectivity index (χ4v) is 5.66. The van der Waals surface area contributed by atoms with E-state index < -0.39 is 39.2 Å². The Labute approximate surface area is 260 Å². The van der Waals surface area contributed by atoms with Crippen molar-refractivity contribution in [3.8, 4) is 11.1 Å². The molecule has 4 aromatic rings. The van der Waals surface area contributed by atoms with Crippen molar-refractivity contribution in [2.45, 2.75) is 58.1 Å². The SMILES string of the molecule is CC(C)(C)OC(=O)[C@H](CCS(C)(=O)=O)NC(=O)c1ccc(COC(Cn2ccnc2)c2nccs2)cc1-c1ccc(F)cc1. The summed E-state index contributed by atoms with van der Waals surface area (Å²) in [5.74, 6) is -2.11. The minimum atomic E-state index is -3.42. The molecule has 0 saturated heterocycles. The number of aromatic nitrogens is 3. The molecular weight excluding hydrogens is 607 g/mol. The second kappa shape index (κ2) is 14.2. The Kier molecular flexibility index (Phi) is 10.7. The molecule has 0 spiro atoms. The molecule has 1 amide bonds. The molecule has 234 valence electrons. The average Bonchev–Trinajstić information content (AvgIpc) is 3.67. The molecule has 4 rings (SSSR count). The van der Waals surface area contributed by atoms with Crippen molar-refractivity contribution in [1.29, 1.82) is 0 Å². The summed E-state index contributed by atoms with van der Waals surface area (Å²) in [5, 5.41) is 5.34. The highest BCUT2D eigenvalue weighted by Crippen LogP contribution is 2.28. The van der Waals surface area contributed by atoms with Crippen LogP contribution in [0.1, 0.15) is 54.2 Å². The Bertz CT molecular complexity index is 1650. The molecule has 0 bridgehead atoms. The van der Waals surface area contributed by atoms with Gasteiger partial charge in [0.25, 0.3) is 5.91 Å². The summed E-state index contributed by atoms with van der Waals surface area (Å²) in [7, 11) is -3.42. The first-order valence-corrected chi connectivity index (χ1v) is 16.8. The molecule has 2 aromatic heterocycles. The number of halogens is 1. The number of carbonyl (C=O) groups excluding carboxylic acids is 2. The molecule has 0 fully saturated rings. The van der Waals surface area contributed by atoms with E-state index in [0.29, 0.717) is 17.7 Å². The molecule has 0 aliphatic carbocycles. The number of benzene rings is 2. The Balaban J connectivity index is 1.61. The lowest BCUT2D eigenvalue weighted by molar-refractivity contribution is -0.157. The van der Waals surface area contributed by atoms with Crippen LogP contribution in [0.2, 0.25) is 0 Å². The van der Waals surface area contributed by atoms with Gasteiger partial charge in [0.15, 0.2) is 0 Å². The second-order valence-electron chi connectivity index (χ2n) is 11.3. The second-order valence-corrected chi connectivity index (χ2v) is 14.5. The summed E-state index contributed by atoms with van der Waals surface area (Å²) in [5.41, 5.74) is 1.16. The zero-order chi connectivity index (χ0) is 31.9. The van der Waals surface area contributed by atoms with Crippen LogP contribution in [0.5, 0.6) is 0 Å². The van der Waals surface area contributed by atoms with Gasteiger partial charge in [0, 0.05) is 35.8 Å². The van der Waals surface area contributed by atoms with Crippen molar-refractivity contribution in [3.05, 3.63) is 94.7 Å². The van der Waals surface area contributed by atoms with E-state index in [4.69, 9.17) is 9.47 Å². The molecule has 2 aromatic carbocycles. The van der Waals surface area contributed by atoms with E-state index in [9.17, 15) is 22.4 Å². The maximum absolute atomic E-state index is 13.8. The lowest BCUT2D eigenvalue weighted by atomic mass is 9.96. The fraction of sp³-hybridized carbons (Fsp3) is 0.355. The van der Waals surface area contributed by atoms with E-state index in [-0.39, 0.29) is 30.4 Å². The van der Waals surface area contributed by atoms with Crippen LogP contribution < -0.4 is 5.32 Å². The molecule has 2 atom stereocenters. The van der Waals surface area contributed by atoms with Gasteiger partial charge in [0.05, 0.1) is 25.2 Å². The van der Waals surface area contributed by atoms with Crippen molar-refractivity contribution in [2.75, 3.05) is 12.0 Å². The van der Waals surface area contributed by atoms with Crippen LogP contribution in [0, 0.1) is 5.82 Å². The normalized spacial score (nSPS) is 13.3. The van der Waals surface area contributed by atoms with E-state index in [1.807, 2.05) is 16.1 Å². The van der Waals surface area contributed by atoms with E-state index >= 15 is 0 Å². The van der Waals surface area contributed by atoms with Crippen molar-refractivity contribution < 1.29 is 31.9 Å². The van der Waals surface area contributed by atoms with Crippen LogP contribution in [0.25, 0.3) is 11.1 Å². The first kappa shape index (κ1) is 33.0. The third-order valence-corrected chi connectivity index (χ3v) is 8.22. The first-order chi connectivity index (χ1) is 20.8. The van der Waals surface area contributed by atoms with Gasteiger partial charge in [0.1, 0.15) is 38.4 Å². The van der Waals surface area contributed by atoms with Gasteiger partial charge in [-0.2, -0.15) is 0 Å². The van der Waals surface area contributed by atoms with Gasteiger partial charge < -0.3 is 19.4 Å². The van der Waals surface area contributed by atoms with Gasteiger partial charge in [-0.25, -0.2) is 27.6 Å². The van der Waals surface area contributed by atoms with Crippen molar-refractivity contribution in [2.24, 2.45) is 0 Å². The number of sulfone groups is 1. The van der Waals surface area contributed by atoms with Gasteiger partial charge >= 0.3 is 5.97 Å². The number of hydrogen-bond acceptors (Lipinski definition) is 9. The van der Waals surface area contributed by atoms with E-state index in [0.717, 1.165) is 16.8 Å². The Morgan fingerprint density at radius 1 is 1.11 bits per heavy atom. The molecule has 2 heterocycles. The molecule has 1 N–H and O–H groups in total. The van der Waals surface area contributed by atoms with E-state index in [1.165, 1.54) is 23.5 Å². The molecule has 13 heteroatoms. The summed E-state index contributed by atoms with van der Waals surface area (Å²) >= 11 is 1.48. The fourth-order valence-electron chi connectivity index (χ4n) is 4.32. The number of hydrogen-bond donors (Lipinski definition) is 1. The monoisotopic (exact) mass is 642 g/mol. The van der Waals surface area contributed by atoms with Crippen LogP contribution in [0.3, 0.4) is 0 Å². The molecule has 44 heavy (non-hydrogen) atoms. The molecule has 0 radical (unpaired) electrons. The number of ether oxygens (including phenoxy) is 2. The first-order valence-electron chi connectivity index (χ1n) is 13.8. The van der Waals surface area contributed by atoms with Crippen LogP contribution >= 0.6 is 11.3 Å². The number of esters is 1. The van der Waals surface area contributed by atoms with Crippen LogP contribution in [0.4, 0.5) is 4.39 Å². The van der Waals surface area contributed by atoms with Gasteiger partial charge in [-0.05, 0) is 68.1 Å². The summed E-state index contributed by atoms with van der Waals surface area (Å²) in [6.45, 7) is 5.73. The minimum absolute atomic E-state index is 0.160. The number of nitrogens with one attached hydrogen (secondary N) is 1. The maximum atomic E-state index is 13.8. The summed E-state index contributed by atoms with van der Waals surface area (Å²) in [4.78, 5) is 35.1. The molecule has 10 nitrogen and oxygen atoms in total. The van der Waals surface area contributed by atoms with Crippen LogP contribution in [-0.2, 0) is 37.3 Å². The quantitative estimate of drug-likeness (QED) is 0.202. The number of rotatable bonds is 13. The molecular formula is C31H35FN4O6S2. The van der Waals surface area contributed by atoms with Crippen molar-refractivity contribution in [1.82, 2.24) is 19.9 Å². The number of thiazole rings is 1. The topological polar surface area (TPSA) is 129 Å². The predicted molar refractivity (Wildman–Crippen MR) is 165 cm³/mol. The lowest BCUT2D eigenvalue weighted by Crippen LogP contribution is -2.45. The van der Waals surface area contributed by atoms with Gasteiger partial charge in [-0.3, -0.25) is 4.79 Å². The predicted octanol–water partition coefficient (Wildman–Crippen LogP) is 4.98. The molecule has 0 aliphatic heterocycles. The minimum Gasteiger partial charge on any atom is -0.458 e. The molecule has 0 saturated carbocycles. The lowest BCUT2D eigenvalue weighted by Gasteiger charge is -2.25. The van der Waals surface area contributed by atoms with Gasteiger partial charge in [0.2, 0.25) is 0 Å². The highest BCUT2D eigenvalue weighted by Gasteiger charge is 2.29. The molecule has 0 aliphatic rings. The summed E-state index contributed by atoms with van der Waals surface area (Å²) in [6.07, 6.45) is 7.48. The van der Waals surface area contributed by atoms with Gasteiger partial charge in [-0.1, -0.05) is 18.2 Å². The maximum Gasteiger partial charge on any atom is 0.329 e. The van der Waals surface area contributed by atoms with Crippen LogP contribution in [0.15, 0.2) is 72.8 Å². The Hall–Kier alpha value is -3.94. The third kappa shape index (κ3) is 9.79.